The lowest BCUT2D eigenvalue weighted by Crippen LogP contribution is -2.21. The predicted octanol–water partition coefficient (Wildman–Crippen LogP) is 7.31. The van der Waals surface area contributed by atoms with Crippen LogP contribution in [0.5, 0.6) is 0 Å². The molecule has 5 aromatic rings. The van der Waals surface area contributed by atoms with Gasteiger partial charge in [-0.1, -0.05) is 58.0 Å². The van der Waals surface area contributed by atoms with Crippen LogP contribution < -0.4 is 15.5 Å². The van der Waals surface area contributed by atoms with Gasteiger partial charge in [0.25, 0.3) is 0 Å². The van der Waals surface area contributed by atoms with Gasteiger partial charge in [0.2, 0.25) is 17.8 Å². The van der Waals surface area contributed by atoms with E-state index >= 15 is 0 Å². The van der Waals surface area contributed by atoms with Gasteiger partial charge >= 0.3 is 0 Å². The molecule has 2 aromatic heterocycles. The number of thiazole rings is 1. The van der Waals surface area contributed by atoms with Crippen LogP contribution in [-0.4, -0.2) is 44.6 Å². The number of nitrogens with one attached hydrogen (secondary N) is 2. The van der Waals surface area contributed by atoms with Gasteiger partial charge in [-0.25, -0.2) is 4.98 Å². The van der Waals surface area contributed by atoms with E-state index in [0.29, 0.717) is 29.2 Å². The second-order valence-electron chi connectivity index (χ2n) is 8.97. The molecule has 0 spiro atoms. The van der Waals surface area contributed by atoms with E-state index in [9.17, 15) is 4.79 Å². The fourth-order valence-electron chi connectivity index (χ4n) is 4.20. The van der Waals surface area contributed by atoms with Gasteiger partial charge in [-0.3, -0.25) is 4.79 Å². The Morgan fingerprint density at radius 1 is 0.872 bits per heavy atom. The van der Waals surface area contributed by atoms with Crippen molar-refractivity contribution in [2.24, 2.45) is 0 Å². The number of para-hydroxylation sites is 1. The Balaban J connectivity index is 1.19. The number of Topliss-reactive ketones (excluding diaryl/α,β-unsaturated/α-hetero) is 1. The molecule has 2 N–H and O–H groups in total. The highest BCUT2D eigenvalue weighted by molar-refractivity contribution is 9.10. The third-order valence-corrected chi connectivity index (χ3v) is 8.85. The van der Waals surface area contributed by atoms with E-state index in [0.717, 1.165) is 56.3 Å². The average Bonchev–Trinajstić information content (AvgIpc) is 3.63. The number of halogens is 1. The summed E-state index contributed by atoms with van der Waals surface area (Å²) >= 11 is 6.44. The zero-order valence-corrected chi connectivity index (χ0v) is 24.0. The van der Waals surface area contributed by atoms with Crippen molar-refractivity contribution in [1.29, 1.82) is 0 Å². The summed E-state index contributed by atoms with van der Waals surface area (Å²) in [5.41, 5.74) is 3.36. The minimum Gasteiger partial charge on any atom is -0.341 e. The minimum absolute atomic E-state index is 0.0812. The molecule has 1 aliphatic rings. The Labute approximate surface area is 242 Å². The van der Waals surface area contributed by atoms with Crippen LogP contribution in [0.4, 0.5) is 29.2 Å². The number of ketones is 1. The average molecular weight is 619 g/mol. The Kier molecular flexibility index (Phi) is 7.71. The molecule has 1 fully saturated rings. The minimum atomic E-state index is 0.0812. The summed E-state index contributed by atoms with van der Waals surface area (Å²) in [6, 6.07) is 23.3. The number of fused-ring (bicyclic) bond motifs is 1. The molecule has 6 rings (SSSR count). The molecule has 0 radical (unpaired) electrons. The summed E-state index contributed by atoms with van der Waals surface area (Å²) in [7, 11) is 0. The summed E-state index contributed by atoms with van der Waals surface area (Å²) < 4.78 is 2.84. The summed E-state index contributed by atoms with van der Waals surface area (Å²) in [4.78, 5) is 33.5. The summed E-state index contributed by atoms with van der Waals surface area (Å²) in [6.45, 7) is 1.87. The predicted molar refractivity (Wildman–Crippen MR) is 163 cm³/mol. The highest BCUT2D eigenvalue weighted by atomic mass is 79.9. The van der Waals surface area contributed by atoms with Crippen molar-refractivity contribution in [2.45, 2.75) is 17.2 Å². The standard InChI is InChI=1S/C28H24BrN7OS2/c29-19-10-8-18(9-11-19)23(37)17-38-28-32-22-13-12-21(16-24(22)39-28)31-26-33-25(30-20-6-2-1-3-7-20)34-27(35-26)36-14-4-5-15-36/h1-3,6-13,16H,4-5,14-15,17H2,(H2,30,31,33,34,35). The molecule has 8 nitrogen and oxygen atoms in total. The number of carbonyl (C=O) groups excluding carboxylic acids is 1. The van der Waals surface area contributed by atoms with Gasteiger partial charge in [0.05, 0.1) is 16.0 Å². The first-order valence-corrected chi connectivity index (χ1v) is 15.1. The van der Waals surface area contributed by atoms with Crippen molar-refractivity contribution in [3.8, 4) is 0 Å². The topological polar surface area (TPSA) is 95.9 Å². The normalized spacial score (nSPS) is 13.1. The maximum atomic E-state index is 12.6. The van der Waals surface area contributed by atoms with Gasteiger partial charge in [-0.15, -0.1) is 11.3 Å². The smallest absolute Gasteiger partial charge is 0.233 e. The molecule has 0 saturated carbocycles. The van der Waals surface area contributed by atoms with Gasteiger partial charge < -0.3 is 15.5 Å². The van der Waals surface area contributed by atoms with Gasteiger partial charge in [0.1, 0.15) is 0 Å². The molecule has 3 heterocycles. The highest BCUT2D eigenvalue weighted by Gasteiger charge is 2.18. The van der Waals surface area contributed by atoms with Gasteiger partial charge in [-0.05, 0) is 55.3 Å². The number of aromatic nitrogens is 4. The van der Waals surface area contributed by atoms with Crippen LogP contribution in [0.2, 0.25) is 0 Å². The monoisotopic (exact) mass is 617 g/mol. The first-order chi connectivity index (χ1) is 19.1. The van der Waals surface area contributed by atoms with Gasteiger partial charge in [0, 0.05) is 34.5 Å². The zero-order chi connectivity index (χ0) is 26.6. The molecule has 0 bridgehead atoms. The number of hydrogen-bond acceptors (Lipinski definition) is 10. The van der Waals surface area contributed by atoms with E-state index in [4.69, 9.17) is 9.97 Å². The number of rotatable bonds is 9. The van der Waals surface area contributed by atoms with Gasteiger partial charge in [-0.2, -0.15) is 15.0 Å². The summed E-state index contributed by atoms with van der Waals surface area (Å²) in [5, 5.41) is 6.65. The number of hydrogen-bond donors (Lipinski definition) is 2. The maximum absolute atomic E-state index is 12.6. The largest absolute Gasteiger partial charge is 0.341 e. The first-order valence-electron chi connectivity index (χ1n) is 12.5. The molecule has 3 aromatic carbocycles. The number of benzene rings is 3. The maximum Gasteiger partial charge on any atom is 0.233 e. The SMILES string of the molecule is O=C(CSc1nc2ccc(Nc3nc(Nc4ccccc4)nc(N4CCCC4)n3)cc2s1)c1ccc(Br)cc1. The van der Waals surface area contributed by atoms with Crippen LogP contribution in [-0.2, 0) is 0 Å². The van der Waals surface area contributed by atoms with E-state index in [-0.39, 0.29) is 5.78 Å². The summed E-state index contributed by atoms with van der Waals surface area (Å²) in [5.74, 6) is 2.06. The van der Waals surface area contributed by atoms with Crippen molar-refractivity contribution >= 4 is 84.2 Å². The molecular formula is C28H24BrN7OS2. The van der Waals surface area contributed by atoms with Crippen LogP contribution in [0.15, 0.2) is 81.6 Å². The Hall–Kier alpha value is -3.54. The number of anilines is 5. The molecule has 0 amide bonds. The first kappa shape index (κ1) is 25.7. The van der Waals surface area contributed by atoms with Crippen molar-refractivity contribution < 1.29 is 4.79 Å². The van der Waals surface area contributed by atoms with E-state index in [1.54, 1.807) is 11.3 Å². The number of thioether (sulfide) groups is 1. The molecule has 0 unspecified atom stereocenters. The lowest BCUT2D eigenvalue weighted by Gasteiger charge is -2.17. The summed E-state index contributed by atoms with van der Waals surface area (Å²) in [6.07, 6.45) is 2.26. The van der Waals surface area contributed by atoms with Crippen LogP contribution in [0.3, 0.4) is 0 Å². The van der Waals surface area contributed by atoms with Crippen molar-refractivity contribution in [3.63, 3.8) is 0 Å². The quantitative estimate of drug-likeness (QED) is 0.130. The highest BCUT2D eigenvalue weighted by Crippen LogP contribution is 2.32. The van der Waals surface area contributed by atoms with Crippen LogP contribution >= 0.6 is 39.0 Å². The van der Waals surface area contributed by atoms with Crippen molar-refractivity contribution in [2.75, 3.05) is 34.4 Å². The Morgan fingerprint density at radius 3 is 2.33 bits per heavy atom. The van der Waals surface area contributed by atoms with E-state index in [2.05, 4.69) is 41.4 Å². The molecule has 196 valence electrons. The molecule has 0 atom stereocenters. The Bertz CT molecular complexity index is 1610. The van der Waals surface area contributed by atoms with Crippen LogP contribution in [0.25, 0.3) is 10.2 Å². The van der Waals surface area contributed by atoms with Crippen LogP contribution in [0, 0.1) is 0 Å². The second kappa shape index (κ2) is 11.7. The molecule has 11 heteroatoms. The molecule has 39 heavy (non-hydrogen) atoms. The second-order valence-corrected chi connectivity index (χ2v) is 12.1. The third-order valence-electron chi connectivity index (χ3n) is 6.16. The molecular weight excluding hydrogens is 594 g/mol. The fraction of sp³-hybridized carbons (Fsp3) is 0.179. The van der Waals surface area contributed by atoms with Crippen molar-refractivity contribution in [3.05, 3.63) is 82.8 Å². The molecule has 1 aliphatic heterocycles. The van der Waals surface area contributed by atoms with Crippen LogP contribution in [0.1, 0.15) is 23.2 Å². The van der Waals surface area contributed by atoms with E-state index < -0.39 is 0 Å². The zero-order valence-electron chi connectivity index (χ0n) is 20.8. The Morgan fingerprint density at radius 2 is 1.59 bits per heavy atom. The lowest BCUT2D eigenvalue weighted by molar-refractivity contribution is 0.102. The fourth-order valence-corrected chi connectivity index (χ4v) is 6.47. The number of nitrogens with zero attached hydrogens (tertiary/aromatic N) is 5. The third kappa shape index (κ3) is 6.38. The van der Waals surface area contributed by atoms with E-state index in [1.807, 2.05) is 72.8 Å². The molecule has 0 aliphatic carbocycles. The molecule has 1 saturated heterocycles. The van der Waals surface area contributed by atoms with Crippen molar-refractivity contribution in [1.82, 2.24) is 19.9 Å². The number of carbonyl (C=O) groups is 1. The van der Waals surface area contributed by atoms with Gasteiger partial charge in [0.15, 0.2) is 10.1 Å². The van der Waals surface area contributed by atoms with E-state index in [1.165, 1.54) is 11.8 Å². The lowest BCUT2D eigenvalue weighted by atomic mass is 10.2.